The van der Waals surface area contributed by atoms with Crippen LogP contribution in [0.4, 0.5) is 0 Å². The Hall–Kier alpha value is -4.15. The molecule has 7 N–H and O–H groups in total. The van der Waals surface area contributed by atoms with Crippen molar-refractivity contribution in [2.75, 3.05) is 39.9 Å². The van der Waals surface area contributed by atoms with E-state index in [-0.39, 0.29) is 87.4 Å². The number of ether oxygens (including phenoxy) is 2. The maximum Gasteiger partial charge on any atom is 0.461 e. The van der Waals surface area contributed by atoms with E-state index in [4.69, 9.17) is 36.0 Å². The van der Waals surface area contributed by atoms with Crippen LogP contribution in [0.5, 0.6) is 11.5 Å². The van der Waals surface area contributed by atoms with Crippen molar-refractivity contribution in [3.8, 4) is 22.6 Å². The van der Waals surface area contributed by atoms with Gasteiger partial charge >= 0.3 is 7.12 Å². The first-order valence-corrected chi connectivity index (χ1v) is 27.6. The molecule has 4 fully saturated rings. The summed E-state index contributed by atoms with van der Waals surface area (Å²) in [5, 5.41) is 3.04. The first-order chi connectivity index (χ1) is 34.5. The van der Waals surface area contributed by atoms with E-state index in [1.807, 2.05) is 31.2 Å². The largest absolute Gasteiger partial charge is 0.492 e. The zero-order valence-electron chi connectivity index (χ0n) is 44.8. The van der Waals surface area contributed by atoms with Gasteiger partial charge in [-0.3, -0.25) is 24.0 Å². The van der Waals surface area contributed by atoms with E-state index < -0.39 is 54.2 Å². The number of fused-ring (bicyclic) bond motifs is 5. The van der Waals surface area contributed by atoms with Gasteiger partial charge in [-0.25, -0.2) is 0 Å². The lowest BCUT2D eigenvalue weighted by Crippen LogP contribution is -2.65. The van der Waals surface area contributed by atoms with Crippen molar-refractivity contribution in [1.29, 1.82) is 0 Å². The van der Waals surface area contributed by atoms with Crippen LogP contribution in [-0.2, 0) is 39.7 Å². The van der Waals surface area contributed by atoms with Crippen LogP contribution >= 0.6 is 0 Å². The van der Waals surface area contributed by atoms with Crippen LogP contribution in [0.1, 0.15) is 168 Å². The van der Waals surface area contributed by atoms with Gasteiger partial charge in [0, 0.05) is 69.4 Å². The van der Waals surface area contributed by atoms with Gasteiger partial charge in [-0.2, -0.15) is 0 Å². The second-order valence-electron chi connectivity index (χ2n) is 22.5. The van der Waals surface area contributed by atoms with Crippen LogP contribution < -0.4 is 32.0 Å². The SMILES string of the molecule is CCCCCCCCCCCCCC(=O)C[C@@H](CN)C(=O)N(C)[C@@H]1C(=O)C[C@@H](C)C(=O)N[C@H](C(=O)C[C@@H](C)B2O[C@@H]3C[C@@H]4C[C@@H](C4(C)C)[C@]3(C)O2)Cc2ccc(OCCN)c(c2)-c2cc1ccc2OCCN. The van der Waals surface area contributed by atoms with Gasteiger partial charge in [0.05, 0.1) is 23.7 Å². The Balaban J connectivity index is 1.23. The monoisotopic (exact) mass is 998 g/mol. The van der Waals surface area contributed by atoms with E-state index in [0.29, 0.717) is 46.4 Å². The third-order valence-electron chi connectivity index (χ3n) is 16.7. The summed E-state index contributed by atoms with van der Waals surface area (Å²) in [5.74, 6) is -1.64. The topological polar surface area (TPSA) is 216 Å². The fraction of sp³-hybridized carbons (Fsp3) is 0.702. The molecule has 2 amide bonds. The molecule has 0 radical (unpaired) electrons. The predicted molar refractivity (Wildman–Crippen MR) is 283 cm³/mol. The average molecular weight is 998 g/mol. The van der Waals surface area contributed by atoms with Crippen LogP contribution in [-0.4, -0.2) is 98.8 Å². The highest BCUT2D eigenvalue weighted by Gasteiger charge is 2.68. The Morgan fingerprint density at radius 3 is 2.06 bits per heavy atom. The van der Waals surface area contributed by atoms with Gasteiger partial charge in [0.15, 0.2) is 11.6 Å². The van der Waals surface area contributed by atoms with E-state index in [9.17, 15) is 24.0 Å². The molecule has 7 rings (SSSR count). The standard InChI is InChI=1S/C57H88BN5O9/c1-8-9-10-11-12-13-14-15-16-17-18-19-43(64)32-41(36-61)55(68)63(7)53-40-21-23-50(70-27-25-60)45(33-40)44-30-39(20-22-49(44)69-26-24-59)31-46(62-54(67)37(2)28-48(53)66)47(65)29-38(3)58-71-52-35-42-34-51(56(42,4)5)57(52,6)72-58/h20-23,30,33,37-38,41-42,46,51-53H,8-19,24-29,31-32,34-36,59-61H2,1-7H3,(H,62,67)/t37-,38-,41+,42+,46+,51+,52-,53+,57+/m1/s1. The van der Waals surface area contributed by atoms with E-state index in [1.54, 1.807) is 26.1 Å². The quantitative estimate of drug-likeness (QED) is 0.0490. The van der Waals surface area contributed by atoms with Crippen molar-refractivity contribution >= 4 is 36.3 Å². The van der Waals surface area contributed by atoms with Crippen molar-refractivity contribution < 1.29 is 42.8 Å². The lowest BCUT2D eigenvalue weighted by Gasteiger charge is -2.64. The molecule has 6 bridgehead atoms. The van der Waals surface area contributed by atoms with Crippen LogP contribution in [0.15, 0.2) is 36.4 Å². The van der Waals surface area contributed by atoms with Gasteiger partial charge in [-0.1, -0.05) is 111 Å². The van der Waals surface area contributed by atoms with Crippen molar-refractivity contribution in [2.45, 2.75) is 187 Å². The zero-order chi connectivity index (χ0) is 52.2. The Morgan fingerprint density at radius 2 is 1.44 bits per heavy atom. The molecule has 398 valence electrons. The Labute approximate surface area is 430 Å². The van der Waals surface area contributed by atoms with E-state index in [0.717, 1.165) is 44.1 Å². The summed E-state index contributed by atoms with van der Waals surface area (Å²) in [4.78, 5) is 73.0. The first-order valence-electron chi connectivity index (χ1n) is 27.6. The molecule has 0 spiro atoms. The molecule has 14 nitrogen and oxygen atoms in total. The predicted octanol–water partition coefficient (Wildman–Crippen LogP) is 8.48. The second kappa shape index (κ2) is 26.4. The van der Waals surface area contributed by atoms with Gasteiger partial charge in [0.25, 0.3) is 0 Å². The third-order valence-corrected chi connectivity index (χ3v) is 16.7. The van der Waals surface area contributed by atoms with Crippen molar-refractivity contribution in [3.05, 3.63) is 47.5 Å². The normalized spacial score (nSPS) is 25.3. The number of hydrogen-bond donors (Lipinski definition) is 4. The number of amides is 2. The number of benzene rings is 2. The summed E-state index contributed by atoms with van der Waals surface area (Å²) in [6.45, 7) is 13.5. The van der Waals surface area contributed by atoms with Gasteiger partial charge in [-0.15, -0.1) is 0 Å². The van der Waals surface area contributed by atoms with Crippen LogP contribution in [0.25, 0.3) is 11.1 Å². The minimum absolute atomic E-state index is 0.0327. The molecular formula is C57H88BN5O9. The summed E-state index contributed by atoms with van der Waals surface area (Å²) in [5.41, 5.74) is 20.2. The molecule has 2 aliphatic heterocycles. The second-order valence-corrected chi connectivity index (χ2v) is 22.5. The van der Waals surface area contributed by atoms with Crippen molar-refractivity contribution in [2.24, 2.45) is 46.3 Å². The molecule has 9 atom stereocenters. The molecule has 3 aliphatic carbocycles. The van der Waals surface area contributed by atoms with E-state index >= 15 is 0 Å². The summed E-state index contributed by atoms with van der Waals surface area (Å²) in [6.07, 6.45) is 15.2. The molecule has 2 aromatic rings. The van der Waals surface area contributed by atoms with Gasteiger partial charge in [-0.05, 0) is 91.1 Å². The number of nitrogens with one attached hydrogen (secondary N) is 1. The fourth-order valence-electron chi connectivity index (χ4n) is 12.1. The number of Topliss-reactive ketones (excluding diaryl/α,β-unsaturated/α-hetero) is 3. The molecule has 0 aromatic heterocycles. The minimum Gasteiger partial charge on any atom is -0.492 e. The summed E-state index contributed by atoms with van der Waals surface area (Å²) in [7, 11) is 0.981. The van der Waals surface area contributed by atoms with Gasteiger partial charge in [0.2, 0.25) is 11.8 Å². The Morgan fingerprint density at radius 1 is 0.833 bits per heavy atom. The third kappa shape index (κ3) is 13.8. The molecule has 5 aliphatic rings. The number of likely N-dealkylation sites (N-methyl/N-ethyl adjacent to an activating group) is 1. The van der Waals surface area contributed by atoms with Gasteiger partial charge in [0.1, 0.15) is 36.5 Å². The number of carbonyl (C=O) groups is 5. The van der Waals surface area contributed by atoms with Crippen molar-refractivity contribution in [3.63, 3.8) is 0 Å². The molecular weight excluding hydrogens is 909 g/mol. The molecule has 15 heteroatoms. The van der Waals surface area contributed by atoms with Crippen LogP contribution in [0.2, 0.25) is 5.82 Å². The molecule has 2 aromatic carbocycles. The Bertz CT molecular complexity index is 2170. The lowest BCUT2D eigenvalue weighted by molar-refractivity contribution is -0.199. The van der Waals surface area contributed by atoms with Crippen LogP contribution in [0, 0.1) is 29.1 Å². The number of rotatable bonds is 27. The minimum atomic E-state index is -1.17. The molecule has 0 unspecified atom stereocenters. The first kappa shape index (κ1) is 57.1. The van der Waals surface area contributed by atoms with Crippen molar-refractivity contribution in [1.82, 2.24) is 10.2 Å². The number of unbranched alkanes of at least 4 members (excludes halogenated alkanes) is 10. The maximum absolute atomic E-state index is 14.8. The number of carbonyl (C=O) groups excluding carboxylic acids is 5. The van der Waals surface area contributed by atoms with E-state index in [1.165, 1.54) is 49.8 Å². The molecule has 1 saturated heterocycles. The zero-order valence-corrected chi connectivity index (χ0v) is 44.8. The number of ketones is 3. The molecule has 2 heterocycles. The lowest BCUT2D eigenvalue weighted by atomic mass is 9.43. The summed E-state index contributed by atoms with van der Waals surface area (Å²) in [6, 6.07) is 8.77. The Kier molecular flexibility index (Phi) is 20.9. The molecule has 3 saturated carbocycles. The maximum atomic E-state index is 14.8. The van der Waals surface area contributed by atoms with Crippen LogP contribution in [0.3, 0.4) is 0 Å². The highest BCUT2D eigenvalue weighted by atomic mass is 16.7. The number of hydrogen-bond acceptors (Lipinski definition) is 12. The fourth-order valence-corrected chi connectivity index (χ4v) is 12.1. The van der Waals surface area contributed by atoms with Gasteiger partial charge < -0.3 is 46.2 Å². The smallest absolute Gasteiger partial charge is 0.461 e. The number of nitrogens with zero attached hydrogens (tertiary/aromatic N) is 1. The highest BCUT2D eigenvalue weighted by Crippen LogP contribution is 2.66. The highest BCUT2D eigenvalue weighted by molar-refractivity contribution is 6.47. The average Bonchev–Trinajstić information content (AvgIpc) is 3.73. The van der Waals surface area contributed by atoms with E-state index in [2.05, 4.69) is 33.0 Å². The summed E-state index contributed by atoms with van der Waals surface area (Å²) >= 11 is 0. The number of nitrogens with two attached hydrogens (primary N) is 3. The molecule has 72 heavy (non-hydrogen) atoms. The summed E-state index contributed by atoms with van der Waals surface area (Å²) < 4.78 is 25.8.